The molecule has 2 aliphatic rings. The molecule has 1 aromatic rings. The molecule has 3 heterocycles. The highest BCUT2D eigenvalue weighted by Crippen LogP contribution is 2.30. The minimum atomic E-state index is -5.24. The van der Waals surface area contributed by atoms with Crippen LogP contribution in [0.5, 0.6) is 0 Å². The number of guanidine groups is 1. The lowest BCUT2D eigenvalue weighted by Gasteiger charge is -2.35. The fraction of sp³-hybridized carbons (Fsp3) is 0.812. The number of aliphatic imine (C=N–C) groups is 1. The summed E-state index contributed by atoms with van der Waals surface area (Å²) in [5.74, 6) is 2.09. The van der Waals surface area contributed by atoms with Crippen LogP contribution in [0.4, 0.5) is 13.2 Å². The number of aromatic amines is 1. The number of alkyl halides is 3. The molecule has 14 heteroatoms. The number of hydrogen-bond donors (Lipinski definition) is 2. The first-order valence-electron chi connectivity index (χ1n) is 9.59. The molecular weight excluding hydrogens is 538 g/mol. The average molecular weight is 565 g/mol. The molecule has 2 N–H and O–H groups in total. The fourth-order valence-corrected chi connectivity index (χ4v) is 4.83. The van der Waals surface area contributed by atoms with Gasteiger partial charge in [-0.05, 0) is 31.6 Å². The van der Waals surface area contributed by atoms with Crippen LogP contribution in [-0.2, 0) is 10.0 Å². The summed E-state index contributed by atoms with van der Waals surface area (Å²) >= 11 is 0. The van der Waals surface area contributed by atoms with E-state index in [9.17, 15) is 21.6 Å². The highest BCUT2D eigenvalue weighted by molar-refractivity contribution is 14.0. The maximum atomic E-state index is 12.7. The van der Waals surface area contributed by atoms with Crippen molar-refractivity contribution in [2.24, 2.45) is 10.9 Å². The van der Waals surface area contributed by atoms with Crippen LogP contribution >= 0.6 is 24.0 Å². The third-order valence-electron chi connectivity index (χ3n) is 5.58. The summed E-state index contributed by atoms with van der Waals surface area (Å²) < 4.78 is 61.5. The topological polar surface area (TPSA) is 107 Å². The Morgan fingerprint density at radius 1 is 1.23 bits per heavy atom. The number of rotatable bonds is 4. The molecule has 2 fully saturated rings. The third kappa shape index (κ3) is 5.75. The van der Waals surface area contributed by atoms with E-state index in [1.165, 1.54) is 6.33 Å². The van der Waals surface area contributed by atoms with E-state index in [2.05, 4.69) is 30.4 Å². The molecule has 3 rings (SSSR count). The van der Waals surface area contributed by atoms with Gasteiger partial charge in [0.1, 0.15) is 12.2 Å². The lowest BCUT2D eigenvalue weighted by Crippen LogP contribution is -2.49. The Morgan fingerprint density at radius 2 is 1.87 bits per heavy atom. The molecule has 172 valence electrons. The quantitative estimate of drug-likeness (QED) is 0.328. The van der Waals surface area contributed by atoms with Crippen LogP contribution in [0.3, 0.4) is 0 Å². The van der Waals surface area contributed by atoms with Crippen molar-refractivity contribution < 1.29 is 21.6 Å². The van der Waals surface area contributed by atoms with E-state index in [1.807, 2.05) is 0 Å². The van der Waals surface area contributed by atoms with Gasteiger partial charge in [-0.15, -0.1) is 24.0 Å². The molecule has 0 bridgehead atoms. The normalized spacial score (nSPS) is 20.8. The number of likely N-dealkylation sites (tertiary alicyclic amines) is 1. The smallest absolute Gasteiger partial charge is 0.356 e. The second-order valence-electron chi connectivity index (χ2n) is 7.35. The monoisotopic (exact) mass is 565 g/mol. The van der Waals surface area contributed by atoms with Crippen molar-refractivity contribution in [3.8, 4) is 0 Å². The van der Waals surface area contributed by atoms with Crippen molar-refractivity contribution in [3.05, 3.63) is 12.2 Å². The molecule has 0 radical (unpaired) electrons. The van der Waals surface area contributed by atoms with Crippen molar-refractivity contribution in [2.45, 2.75) is 37.1 Å². The maximum absolute atomic E-state index is 12.7. The minimum absolute atomic E-state index is 0. The van der Waals surface area contributed by atoms with E-state index in [1.54, 1.807) is 7.05 Å². The Morgan fingerprint density at radius 3 is 2.37 bits per heavy atom. The molecule has 0 unspecified atom stereocenters. The Kier molecular flexibility index (Phi) is 8.73. The fourth-order valence-electron chi connectivity index (χ4n) is 3.84. The van der Waals surface area contributed by atoms with Crippen molar-refractivity contribution >= 4 is 40.0 Å². The van der Waals surface area contributed by atoms with E-state index < -0.39 is 15.5 Å². The number of sulfonamides is 1. The summed E-state index contributed by atoms with van der Waals surface area (Å²) in [5.41, 5.74) is -5.24. The number of nitrogens with one attached hydrogen (secondary N) is 2. The average Bonchev–Trinajstić information content (AvgIpc) is 3.23. The molecule has 0 saturated carbocycles. The third-order valence-corrected chi connectivity index (χ3v) is 7.21. The van der Waals surface area contributed by atoms with E-state index >= 15 is 0 Å². The standard InChI is InChI=1S/C16H26F3N7O2S.HI/c1-20-15(25-6-4-13(5-7-25)14-22-11-23-24-14)21-10-12-2-8-26(9-3-12)29(27,28)16(17,18)19;/h11-13H,2-10H2,1H3,(H,20,21)(H,22,23,24);1H. The van der Waals surface area contributed by atoms with Gasteiger partial charge < -0.3 is 10.2 Å². The van der Waals surface area contributed by atoms with Crippen molar-refractivity contribution in [2.75, 3.05) is 39.8 Å². The van der Waals surface area contributed by atoms with Gasteiger partial charge >= 0.3 is 15.5 Å². The molecule has 2 aliphatic heterocycles. The molecular formula is C16H27F3IN7O2S. The first-order chi connectivity index (χ1) is 13.7. The lowest BCUT2D eigenvalue weighted by molar-refractivity contribution is -0.0496. The second kappa shape index (κ2) is 10.4. The number of halogens is 4. The van der Waals surface area contributed by atoms with Gasteiger partial charge in [-0.2, -0.15) is 22.6 Å². The molecule has 2 saturated heterocycles. The predicted octanol–water partition coefficient (Wildman–Crippen LogP) is 1.74. The van der Waals surface area contributed by atoms with Crippen molar-refractivity contribution in [1.29, 1.82) is 0 Å². The van der Waals surface area contributed by atoms with Crippen LogP contribution in [0, 0.1) is 5.92 Å². The molecule has 9 nitrogen and oxygen atoms in total. The Bertz CT molecular complexity index is 788. The van der Waals surface area contributed by atoms with Gasteiger partial charge in [-0.1, -0.05) is 0 Å². The van der Waals surface area contributed by atoms with E-state index in [0.717, 1.165) is 37.7 Å². The zero-order valence-electron chi connectivity index (χ0n) is 16.6. The summed E-state index contributed by atoms with van der Waals surface area (Å²) in [6.45, 7) is 1.94. The number of piperidine rings is 2. The SMILES string of the molecule is CN=C(NCC1CCN(S(=O)(=O)C(F)(F)F)CC1)N1CCC(c2ncn[nH]2)CC1.I. The first-order valence-corrected chi connectivity index (χ1v) is 11.0. The van der Waals surface area contributed by atoms with Crippen LogP contribution in [0.15, 0.2) is 11.3 Å². The maximum Gasteiger partial charge on any atom is 0.511 e. The molecule has 0 aromatic carbocycles. The van der Waals surface area contributed by atoms with Crippen LogP contribution in [0.25, 0.3) is 0 Å². The van der Waals surface area contributed by atoms with Crippen LogP contribution < -0.4 is 5.32 Å². The zero-order chi connectivity index (χ0) is 21.1. The number of aromatic nitrogens is 3. The van der Waals surface area contributed by atoms with Gasteiger partial charge in [0.15, 0.2) is 5.96 Å². The summed E-state index contributed by atoms with van der Waals surface area (Å²) in [6, 6.07) is 0. The van der Waals surface area contributed by atoms with Crippen molar-refractivity contribution in [3.63, 3.8) is 0 Å². The van der Waals surface area contributed by atoms with Gasteiger partial charge in [0.05, 0.1) is 0 Å². The first kappa shape index (κ1) is 25.1. The van der Waals surface area contributed by atoms with Crippen molar-refractivity contribution in [1.82, 2.24) is 29.7 Å². The summed E-state index contributed by atoms with van der Waals surface area (Å²) in [5, 5.41) is 10.1. The molecule has 0 aliphatic carbocycles. The minimum Gasteiger partial charge on any atom is -0.356 e. The molecule has 30 heavy (non-hydrogen) atoms. The predicted molar refractivity (Wildman–Crippen MR) is 116 cm³/mol. The highest BCUT2D eigenvalue weighted by Gasteiger charge is 2.50. The zero-order valence-corrected chi connectivity index (χ0v) is 19.7. The van der Waals surface area contributed by atoms with Crippen LogP contribution in [-0.4, -0.2) is 84.0 Å². The molecule has 0 atom stereocenters. The second-order valence-corrected chi connectivity index (χ2v) is 9.28. The largest absolute Gasteiger partial charge is 0.511 e. The van der Waals surface area contributed by atoms with Gasteiger partial charge in [-0.3, -0.25) is 10.1 Å². The summed E-state index contributed by atoms with van der Waals surface area (Å²) in [7, 11) is -3.53. The molecule has 1 aromatic heterocycles. The molecule has 0 amide bonds. The van der Waals surface area contributed by atoms with E-state index in [-0.39, 0.29) is 43.0 Å². The number of hydrogen-bond acceptors (Lipinski definition) is 5. The number of nitrogens with zero attached hydrogens (tertiary/aromatic N) is 5. The number of H-pyrrole nitrogens is 1. The highest BCUT2D eigenvalue weighted by atomic mass is 127. The Hall–Kier alpha value is -1.16. The Balaban J connectivity index is 0.00000320. The van der Waals surface area contributed by atoms with Crippen LogP contribution in [0.1, 0.15) is 37.4 Å². The summed E-state index contributed by atoms with van der Waals surface area (Å²) in [6.07, 6.45) is 4.11. The summed E-state index contributed by atoms with van der Waals surface area (Å²) in [4.78, 5) is 10.7. The van der Waals surface area contributed by atoms with Crippen LogP contribution in [0.2, 0.25) is 0 Å². The van der Waals surface area contributed by atoms with E-state index in [4.69, 9.17) is 0 Å². The van der Waals surface area contributed by atoms with E-state index in [0.29, 0.717) is 29.6 Å². The van der Waals surface area contributed by atoms with Gasteiger partial charge in [0.25, 0.3) is 0 Å². The van der Waals surface area contributed by atoms with Gasteiger partial charge in [-0.25, -0.2) is 13.4 Å². The Labute approximate surface area is 191 Å². The van der Waals surface area contributed by atoms with Gasteiger partial charge in [0.2, 0.25) is 0 Å². The van der Waals surface area contributed by atoms with Gasteiger partial charge in [0, 0.05) is 45.7 Å². The molecule has 0 spiro atoms. The lowest BCUT2D eigenvalue weighted by atomic mass is 9.96.